The van der Waals surface area contributed by atoms with Crippen LogP contribution in [0.3, 0.4) is 0 Å². The van der Waals surface area contributed by atoms with Gasteiger partial charge in [0.1, 0.15) is 0 Å². The van der Waals surface area contributed by atoms with Crippen molar-refractivity contribution >= 4 is 0 Å². The van der Waals surface area contributed by atoms with Gasteiger partial charge < -0.3 is 24.4 Å². The first-order valence-electron chi connectivity index (χ1n) is 11.5. The van der Waals surface area contributed by atoms with Crippen molar-refractivity contribution < 1.29 is 24.4 Å². The van der Waals surface area contributed by atoms with E-state index in [0.29, 0.717) is 37.9 Å². The molecule has 2 N–H and O–H groups in total. The molecular formula is C24H50O5. The molecule has 0 aromatic carbocycles. The van der Waals surface area contributed by atoms with Crippen molar-refractivity contribution in [2.24, 2.45) is 11.8 Å². The lowest BCUT2D eigenvalue weighted by Crippen LogP contribution is -2.31. The minimum Gasteiger partial charge on any atom is -0.393 e. The van der Waals surface area contributed by atoms with Gasteiger partial charge in [0.2, 0.25) is 0 Å². The fraction of sp³-hybridized carbons (Fsp3) is 1.00. The summed E-state index contributed by atoms with van der Waals surface area (Å²) in [6.45, 7) is 19.4. The van der Waals surface area contributed by atoms with E-state index in [4.69, 9.17) is 14.2 Å². The van der Waals surface area contributed by atoms with Gasteiger partial charge in [-0.3, -0.25) is 0 Å². The van der Waals surface area contributed by atoms with Gasteiger partial charge in [0, 0.05) is 39.3 Å². The van der Waals surface area contributed by atoms with Crippen LogP contribution >= 0.6 is 0 Å². The van der Waals surface area contributed by atoms with Crippen LogP contribution in [0.5, 0.6) is 0 Å². The van der Waals surface area contributed by atoms with Crippen molar-refractivity contribution in [3.63, 3.8) is 0 Å². The highest BCUT2D eigenvalue weighted by molar-refractivity contribution is 4.75. The highest BCUT2D eigenvalue weighted by Crippen LogP contribution is 2.21. The Labute approximate surface area is 180 Å². The quantitative estimate of drug-likeness (QED) is 0.308. The van der Waals surface area contributed by atoms with Gasteiger partial charge in [0.05, 0.1) is 23.4 Å². The van der Waals surface area contributed by atoms with Crippen molar-refractivity contribution in [3.05, 3.63) is 0 Å². The third-order valence-electron chi connectivity index (χ3n) is 4.72. The number of rotatable bonds is 18. The maximum atomic E-state index is 10.2. The molecule has 29 heavy (non-hydrogen) atoms. The van der Waals surface area contributed by atoms with Gasteiger partial charge in [-0.1, -0.05) is 27.7 Å². The number of ether oxygens (including phenoxy) is 3. The fourth-order valence-corrected chi connectivity index (χ4v) is 3.19. The molecule has 5 nitrogen and oxygen atoms in total. The van der Waals surface area contributed by atoms with Gasteiger partial charge >= 0.3 is 0 Å². The minimum absolute atomic E-state index is 0.298. The molecule has 0 spiro atoms. The fourth-order valence-electron chi connectivity index (χ4n) is 3.19. The maximum absolute atomic E-state index is 10.2. The van der Waals surface area contributed by atoms with E-state index in [1.807, 2.05) is 27.7 Å². The van der Waals surface area contributed by atoms with E-state index in [0.717, 1.165) is 38.9 Å². The zero-order valence-electron chi connectivity index (χ0n) is 20.5. The molecule has 0 aliphatic heterocycles. The predicted molar refractivity (Wildman–Crippen MR) is 120 cm³/mol. The summed E-state index contributed by atoms with van der Waals surface area (Å²) in [6, 6.07) is 0. The summed E-state index contributed by atoms with van der Waals surface area (Å²) >= 11 is 0. The Morgan fingerprint density at radius 3 is 1.31 bits per heavy atom. The number of aliphatic hydroxyl groups is 2. The number of hydrogen-bond acceptors (Lipinski definition) is 5. The Balaban J connectivity index is 3.76. The summed E-state index contributed by atoms with van der Waals surface area (Å²) in [5.41, 5.74) is -0.597. The summed E-state index contributed by atoms with van der Waals surface area (Å²) < 4.78 is 17.4. The summed E-state index contributed by atoms with van der Waals surface area (Å²) in [6.07, 6.45) is 3.66. The molecule has 0 heterocycles. The molecule has 2 unspecified atom stereocenters. The van der Waals surface area contributed by atoms with E-state index in [1.165, 1.54) is 0 Å². The van der Waals surface area contributed by atoms with Crippen molar-refractivity contribution in [3.8, 4) is 0 Å². The lowest BCUT2D eigenvalue weighted by atomic mass is 9.97. The Hall–Kier alpha value is -0.200. The number of hydrogen-bond donors (Lipinski definition) is 2. The summed E-state index contributed by atoms with van der Waals surface area (Å²) in [5.74, 6) is 0.994. The smallest absolute Gasteiger partial charge is 0.0651 e. The molecule has 0 aromatic heterocycles. The van der Waals surface area contributed by atoms with E-state index in [2.05, 4.69) is 27.7 Å². The summed E-state index contributed by atoms with van der Waals surface area (Å²) in [5, 5.41) is 20.5. The molecule has 0 aliphatic carbocycles. The standard InChI is InChI=1S/C24H50O5/c1-19(2)17-28-23(5,6)15-21(25)11-9-13-27-14-10-12-22(26)16-24(7,8)29-18-20(3)4/h19-22,25-26H,9-18H2,1-8H3. The molecule has 0 fully saturated rings. The van der Waals surface area contributed by atoms with Gasteiger partial charge in [-0.15, -0.1) is 0 Å². The normalized spacial score (nSPS) is 15.3. The summed E-state index contributed by atoms with van der Waals surface area (Å²) in [7, 11) is 0. The molecule has 0 rings (SSSR count). The van der Waals surface area contributed by atoms with Gasteiger partial charge in [-0.2, -0.15) is 0 Å². The van der Waals surface area contributed by atoms with E-state index < -0.39 is 0 Å². The molecule has 0 saturated carbocycles. The van der Waals surface area contributed by atoms with E-state index in [9.17, 15) is 10.2 Å². The Bertz CT molecular complexity index is 357. The van der Waals surface area contributed by atoms with Gasteiger partial charge in [-0.05, 0) is 65.2 Å². The lowest BCUT2D eigenvalue weighted by molar-refractivity contribution is -0.0616. The third-order valence-corrected chi connectivity index (χ3v) is 4.72. The van der Waals surface area contributed by atoms with Crippen LogP contribution in [0.25, 0.3) is 0 Å². The Kier molecular flexibility index (Phi) is 14.6. The van der Waals surface area contributed by atoms with Crippen LogP contribution in [-0.4, -0.2) is 60.1 Å². The van der Waals surface area contributed by atoms with Crippen LogP contribution in [0.1, 0.15) is 93.9 Å². The summed E-state index contributed by atoms with van der Waals surface area (Å²) in [4.78, 5) is 0. The van der Waals surface area contributed by atoms with Crippen LogP contribution in [0.2, 0.25) is 0 Å². The van der Waals surface area contributed by atoms with Crippen molar-refractivity contribution in [2.45, 2.75) is 117 Å². The van der Waals surface area contributed by atoms with E-state index in [-0.39, 0.29) is 23.4 Å². The topological polar surface area (TPSA) is 68.2 Å². The highest BCUT2D eigenvalue weighted by Gasteiger charge is 2.24. The van der Waals surface area contributed by atoms with Crippen LogP contribution in [0.4, 0.5) is 0 Å². The first-order valence-corrected chi connectivity index (χ1v) is 11.5. The van der Waals surface area contributed by atoms with Crippen molar-refractivity contribution in [2.75, 3.05) is 26.4 Å². The Morgan fingerprint density at radius 1 is 0.655 bits per heavy atom. The van der Waals surface area contributed by atoms with Crippen LogP contribution in [-0.2, 0) is 14.2 Å². The van der Waals surface area contributed by atoms with Crippen LogP contribution in [0.15, 0.2) is 0 Å². The molecule has 0 amide bonds. The van der Waals surface area contributed by atoms with Gasteiger partial charge in [0.15, 0.2) is 0 Å². The molecule has 176 valence electrons. The van der Waals surface area contributed by atoms with Crippen LogP contribution < -0.4 is 0 Å². The van der Waals surface area contributed by atoms with Gasteiger partial charge in [0.25, 0.3) is 0 Å². The largest absolute Gasteiger partial charge is 0.393 e. The maximum Gasteiger partial charge on any atom is 0.0651 e. The number of aliphatic hydroxyl groups excluding tert-OH is 2. The third kappa shape index (κ3) is 18.3. The minimum atomic E-state index is -0.365. The molecule has 5 heteroatoms. The molecule has 0 bridgehead atoms. The molecule has 0 saturated heterocycles. The van der Waals surface area contributed by atoms with Crippen molar-refractivity contribution in [1.29, 1.82) is 0 Å². The Morgan fingerprint density at radius 2 is 1.00 bits per heavy atom. The highest BCUT2D eigenvalue weighted by atomic mass is 16.5. The molecule has 0 radical (unpaired) electrons. The molecule has 0 aliphatic rings. The second-order valence-electron chi connectivity index (χ2n) is 10.5. The first kappa shape index (κ1) is 28.8. The predicted octanol–water partition coefficient (Wildman–Crippen LogP) is 4.97. The van der Waals surface area contributed by atoms with Crippen LogP contribution in [0, 0.1) is 11.8 Å². The van der Waals surface area contributed by atoms with Gasteiger partial charge in [-0.25, -0.2) is 0 Å². The van der Waals surface area contributed by atoms with Crippen molar-refractivity contribution in [1.82, 2.24) is 0 Å². The molecule has 2 atom stereocenters. The lowest BCUT2D eigenvalue weighted by Gasteiger charge is -2.29. The van der Waals surface area contributed by atoms with E-state index in [1.54, 1.807) is 0 Å². The first-order chi connectivity index (χ1) is 13.3. The second-order valence-corrected chi connectivity index (χ2v) is 10.5. The molecule has 0 aromatic rings. The van der Waals surface area contributed by atoms with E-state index >= 15 is 0 Å². The average molecular weight is 419 g/mol. The monoisotopic (exact) mass is 418 g/mol. The zero-order chi connectivity index (χ0) is 22.5. The average Bonchev–Trinajstić information content (AvgIpc) is 2.56. The zero-order valence-corrected chi connectivity index (χ0v) is 20.5. The second kappa shape index (κ2) is 14.7. The molecular weight excluding hydrogens is 368 g/mol. The SMILES string of the molecule is CC(C)COC(C)(C)CC(O)CCCOCCCC(O)CC(C)(C)OCC(C)C.